The molecule has 1 saturated heterocycles. The summed E-state index contributed by atoms with van der Waals surface area (Å²) in [6.07, 6.45) is 1.76. The Labute approximate surface area is 160 Å². The van der Waals surface area contributed by atoms with Crippen LogP contribution in [0, 0.1) is 11.6 Å². The summed E-state index contributed by atoms with van der Waals surface area (Å²) < 4.78 is 32.4. The molecule has 1 aliphatic heterocycles. The van der Waals surface area contributed by atoms with Crippen LogP contribution in [-0.4, -0.2) is 29.1 Å². The van der Waals surface area contributed by atoms with Crippen LogP contribution in [0.3, 0.4) is 0 Å². The molecule has 0 atom stereocenters. The Bertz CT molecular complexity index is 911. The van der Waals surface area contributed by atoms with E-state index in [1.54, 1.807) is 6.08 Å². The normalized spacial score (nSPS) is 17.2. The van der Waals surface area contributed by atoms with Crippen LogP contribution in [0.5, 0.6) is 5.75 Å². The Morgan fingerprint density at radius 2 is 1.89 bits per heavy atom. The molecule has 1 heterocycles. The lowest BCUT2D eigenvalue weighted by atomic mass is 10.2. The number of rotatable bonds is 5. The van der Waals surface area contributed by atoms with Gasteiger partial charge in [0.1, 0.15) is 17.3 Å². The van der Waals surface area contributed by atoms with Gasteiger partial charge in [-0.25, -0.2) is 13.8 Å². The van der Waals surface area contributed by atoms with Crippen LogP contribution in [0.4, 0.5) is 14.5 Å². The van der Waals surface area contributed by atoms with Gasteiger partial charge < -0.3 is 4.74 Å². The van der Waals surface area contributed by atoms with E-state index in [1.165, 1.54) is 11.0 Å². The van der Waals surface area contributed by atoms with E-state index < -0.39 is 11.6 Å². The molecule has 27 heavy (non-hydrogen) atoms. The topological polar surface area (TPSA) is 41.9 Å². The molecule has 0 radical (unpaired) electrons. The zero-order valence-corrected chi connectivity index (χ0v) is 15.7. The average molecular weight is 388 g/mol. The highest BCUT2D eigenvalue weighted by molar-refractivity contribution is 8.18. The van der Waals surface area contributed by atoms with Crippen LogP contribution >= 0.6 is 11.8 Å². The Kier molecular flexibility index (Phi) is 5.91. The predicted octanol–water partition coefficient (Wildman–Crippen LogP) is 4.99. The fraction of sp³-hybridized carbons (Fsp3) is 0.200. The van der Waals surface area contributed by atoms with Crippen LogP contribution < -0.4 is 4.74 Å². The zero-order chi connectivity index (χ0) is 19.4. The van der Waals surface area contributed by atoms with Crippen LogP contribution in [-0.2, 0) is 4.79 Å². The lowest BCUT2D eigenvalue weighted by Gasteiger charge is -2.12. The Morgan fingerprint density at radius 3 is 2.52 bits per heavy atom. The van der Waals surface area contributed by atoms with Gasteiger partial charge in [-0.15, -0.1) is 0 Å². The summed E-state index contributed by atoms with van der Waals surface area (Å²) in [5.41, 5.74) is 0.840. The number of amidine groups is 1. The average Bonchev–Trinajstić information content (AvgIpc) is 2.94. The molecule has 4 nitrogen and oxygen atoms in total. The molecule has 3 rings (SSSR count). The lowest BCUT2D eigenvalue weighted by Crippen LogP contribution is -2.28. The van der Waals surface area contributed by atoms with Crippen molar-refractivity contribution >= 4 is 34.6 Å². The van der Waals surface area contributed by atoms with E-state index in [1.807, 2.05) is 38.1 Å². The van der Waals surface area contributed by atoms with Crippen molar-refractivity contribution < 1.29 is 18.3 Å². The first-order chi connectivity index (χ1) is 13.0. The first-order valence-corrected chi connectivity index (χ1v) is 9.31. The van der Waals surface area contributed by atoms with Crippen molar-refractivity contribution in [2.24, 2.45) is 4.99 Å². The van der Waals surface area contributed by atoms with E-state index in [9.17, 15) is 13.6 Å². The molecular weight excluding hydrogens is 370 g/mol. The maximum atomic E-state index is 13.9. The third-order valence-corrected chi connectivity index (χ3v) is 4.83. The van der Waals surface area contributed by atoms with Crippen LogP contribution in [0.1, 0.15) is 19.4 Å². The molecular formula is C20H18F2N2O2S. The highest BCUT2D eigenvalue weighted by Crippen LogP contribution is 2.34. The molecule has 0 aromatic heterocycles. The Balaban J connectivity index is 1.88. The summed E-state index contributed by atoms with van der Waals surface area (Å²) >= 11 is 1.16. The molecule has 1 fully saturated rings. The highest BCUT2D eigenvalue weighted by Gasteiger charge is 2.32. The summed E-state index contributed by atoms with van der Waals surface area (Å²) in [5, 5.41) is 0.366. The van der Waals surface area contributed by atoms with E-state index in [0.29, 0.717) is 23.2 Å². The fourth-order valence-corrected chi connectivity index (χ4v) is 3.58. The van der Waals surface area contributed by atoms with Crippen molar-refractivity contribution in [3.05, 3.63) is 64.6 Å². The second-order valence-electron chi connectivity index (χ2n) is 5.65. The smallest absolute Gasteiger partial charge is 0.266 e. The number of carbonyl (C=O) groups is 1. The summed E-state index contributed by atoms with van der Waals surface area (Å²) in [5.74, 6) is -0.877. The van der Waals surface area contributed by atoms with Crippen LogP contribution in [0.25, 0.3) is 6.08 Å². The van der Waals surface area contributed by atoms with Crippen molar-refractivity contribution in [2.45, 2.75) is 13.8 Å². The van der Waals surface area contributed by atoms with E-state index in [4.69, 9.17) is 4.74 Å². The number of carbonyl (C=O) groups excluding carboxylic acids is 1. The number of halogens is 2. The van der Waals surface area contributed by atoms with Crippen LogP contribution in [0.2, 0.25) is 0 Å². The highest BCUT2D eigenvalue weighted by atomic mass is 32.2. The molecule has 0 bridgehead atoms. The largest absolute Gasteiger partial charge is 0.494 e. The number of nitrogens with zero attached hydrogens (tertiary/aromatic N) is 2. The third-order valence-electron chi connectivity index (χ3n) is 3.82. The lowest BCUT2D eigenvalue weighted by molar-refractivity contribution is -0.122. The van der Waals surface area contributed by atoms with Crippen molar-refractivity contribution in [2.75, 3.05) is 13.2 Å². The van der Waals surface area contributed by atoms with Gasteiger partial charge in [0, 0.05) is 12.6 Å². The van der Waals surface area contributed by atoms with Gasteiger partial charge in [-0.05, 0) is 61.5 Å². The number of aliphatic imine (C=N–C) groups is 1. The van der Waals surface area contributed by atoms with E-state index in [-0.39, 0.29) is 11.6 Å². The summed E-state index contributed by atoms with van der Waals surface area (Å²) in [6, 6.07) is 10.5. The molecule has 0 spiro atoms. The Hall–Kier alpha value is -2.67. The monoisotopic (exact) mass is 388 g/mol. The van der Waals surface area contributed by atoms with Crippen molar-refractivity contribution in [1.82, 2.24) is 4.90 Å². The fourth-order valence-electron chi connectivity index (χ4n) is 2.52. The number of likely N-dealkylation sites (N-methyl/N-ethyl adjacent to an activating group) is 1. The van der Waals surface area contributed by atoms with Gasteiger partial charge in [0.15, 0.2) is 11.0 Å². The van der Waals surface area contributed by atoms with Gasteiger partial charge in [-0.2, -0.15) is 0 Å². The molecule has 0 N–H and O–H groups in total. The van der Waals surface area contributed by atoms with E-state index in [0.717, 1.165) is 35.2 Å². The van der Waals surface area contributed by atoms with Gasteiger partial charge in [-0.1, -0.05) is 12.1 Å². The minimum Gasteiger partial charge on any atom is -0.494 e. The first kappa shape index (κ1) is 19.1. The number of thioether (sulfide) groups is 1. The summed E-state index contributed by atoms with van der Waals surface area (Å²) in [4.78, 5) is 18.8. The van der Waals surface area contributed by atoms with Gasteiger partial charge >= 0.3 is 0 Å². The van der Waals surface area contributed by atoms with Gasteiger partial charge in [0.05, 0.1) is 11.5 Å². The third kappa shape index (κ3) is 4.36. The van der Waals surface area contributed by atoms with Crippen LogP contribution in [0.15, 0.2) is 52.4 Å². The van der Waals surface area contributed by atoms with Gasteiger partial charge in [0.25, 0.3) is 5.91 Å². The quantitative estimate of drug-likeness (QED) is 0.678. The molecule has 0 aliphatic carbocycles. The zero-order valence-electron chi connectivity index (χ0n) is 14.9. The minimum atomic E-state index is -0.768. The molecule has 7 heteroatoms. The van der Waals surface area contributed by atoms with Gasteiger partial charge in [0.2, 0.25) is 0 Å². The standard InChI is InChI=1S/C20H18F2N2O2S/c1-3-24-19(25)18(11-13-5-8-15(9-6-13)26-4-2)27-20(24)23-17-10-7-14(21)12-16(17)22/h5-12H,3-4H2,1-2H3/b18-11-,23-20?. The summed E-state index contributed by atoms with van der Waals surface area (Å²) in [7, 11) is 0. The number of benzene rings is 2. The SMILES string of the molecule is CCOc1ccc(/C=C2\SC(=Nc3ccc(F)cc3F)N(CC)C2=O)cc1. The maximum Gasteiger partial charge on any atom is 0.266 e. The minimum absolute atomic E-state index is 0.00697. The Morgan fingerprint density at radius 1 is 1.15 bits per heavy atom. The molecule has 1 amide bonds. The number of ether oxygens (including phenoxy) is 1. The predicted molar refractivity (Wildman–Crippen MR) is 104 cm³/mol. The van der Waals surface area contributed by atoms with E-state index in [2.05, 4.69) is 4.99 Å². The second kappa shape index (κ2) is 8.35. The molecule has 140 valence electrons. The number of hydrogen-bond acceptors (Lipinski definition) is 4. The summed E-state index contributed by atoms with van der Waals surface area (Å²) in [6.45, 7) is 4.71. The van der Waals surface area contributed by atoms with Crippen molar-refractivity contribution in [3.63, 3.8) is 0 Å². The molecule has 0 saturated carbocycles. The first-order valence-electron chi connectivity index (χ1n) is 8.49. The molecule has 2 aromatic carbocycles. The second-order valence-corrected chi connectivity index (χ2v) is 6.66. The molecule has 1 aliphatic rings. The number of amides is 1. The molecule has 0 unspecified atom stereocenters. The number of hydrogen-bond donors (Lipinski definition) is 0. The van der Waals surface area contributed by atoms with E-state index >= 15 is 0 Å². The van der Waals surface area contributed by atoms with Gasteiger partial charge in [-0.3, -0.25) is 9.69 Å². The maximum absolute atomic E-state index is 13.9. The van der Waals surface area contributed by atoms with Crippen molar-refractivity contribution in [1.29, 1.82) is 0 Å². The van der Waals surface area contributed by atoms with Crippen molar-refractivity contribution in [3.8, 4) is 5.75 Å². The molecule has 2 aromatic rings.